The smallest absolute Gasteiger partial charge is 0.0251 e. The molecule has 0 amide bonds. The van der Waals surface area contributed by atoms with Crippen molar-refractivity contribution >= 4 is 0 Å². The van der Waals surface area contributed by atoms with E-state index in [-0.39, 0.29) is 0 Å². The second kappa shape index (κ2) is 3.05. The maximum Gasteiger partial charge on any atom is -0.0251 e. The van der Waals surface area contributed by atoms with E-state index in [2.05, 4.69) is 32.6 Å². The van der Waals surface area contributed by atoms with Crippen LogP contribution in [0.4, 0.5) is 0 Å². The van der Waals surface area contributed by atoms with Gasteiger partial charge in [0, 0.05) is 0 Å². The van der Waals surface area contributed by atoms with Crippen molar-refractivity contribution in [2.24, 2.45) is 11.8 Å². The molecule has 10 heavy (non-hydrogen) atoms. The molecular formula is C10H16. The van der Waals surface area contributed by atoms with Crippen LogP contribution in [0.15, 0.2) is 24.3 Å². The van der Waals surface area contributed by atoms with Crippen molar-refractivity contribution in [3.63, 3.8) is 0 Å². The Morgan fingerprint density at radius 2 is 2.30 bits per heavy atom. The molecular weight excluding hydrogens is 120 g/mol. The van der Waals surface area contributed by atoms with Crippen LogP contribution in [0.2, 0.25) is 0 Å². The summed E-state index contributed by atoms with van der Waals surface area (Å²) in [4.78, 5) is 0. The molecule has 1 aliphatic carbocycles. The Hall–Kier alpha value is -0.520. The van der Waals surface area contributed by atoms with Crippen LogP contribution in [0.5, 0.6) is 0 Å². The van der Waals surface area contributed by atoms with E-state index in [9.17, 15) is 0 Å². The van der Waals surface area contributed by atoms with Crippen LogP contribution in [0.1, 0.15) is 26.7 Å². The fraction of sp³-hybridized carbons (Fsp3) is 0.600. The first-order valence-corrected chi connectivity index (χ1v) is 4.04. The highest BCUT2D eigenvalue weighted by Gasteiger charge is 2.14. The van der Waals surface area contributed by atoms with Crippen molar-refractivity contribution in [1.29, 1.82) is 0 Å². The Bertz CT molecular complexity index is 151. The van der Waals surface area contributed by atoms with Gasteiger partial charge in [-0.05, 0) is 24.7 Å². The summed E-state index contributed by atoms with van der Waals surface area (Å²) in [5.41, 5.74) is 1.30. The van der Waals surface area contributed by atoms with E-state index < -0.39 is 0 Å². The molecule has 0 heterocycles. The van der Waals surface area contributed by atoms with Crippen molar-refractivity contribution in [2.45, 2.75) is 26.7 Å². The Balaban J connectivity index is 2.52. The minimum atomic E-state index is 0.807. The van der Waals surface area contributed by atoms with Gasteiger partial charge in [0.05, 0.1) is 0 Å². The van der Waals surface area contributed by atoms with Gasteiger partial charge in [0.2, 0.25) is 0 Å². The first-order valence-electron chi connectivity index (χ1n) is 4.04. The lowest BCUT2D eigenvalue weighted by atomic mass is 9.83. The maximum atomic E-state index is 3.96. The zero-order chi connectivity index (χ0) is 7.56. The molecule has 1 aliphatic rings. The zero-order valence-corrected chi connectivity index (χ0v) is 6.93. The molecule has 0 aromatic carbocycles. The second-order valence-electron chi connectivity index (χ2n) is 3.50. The van der Waals surface area contributed by atoms with Crippen LogP contribution in [0, 0.1) is 11.8 Å². The predicted molar refractivity (Wildman–Crippen MR) is 45.8 cm³/mol. The monoisotopic (exact) mass is 136 g/mol. The van der Waals surface area contributed by atoms with Crippen LogP contribution < -0.4 is 0 Å². The Kier molecular flexibility index (Phi) is 2.31. The summed E-state index contributed by atoms with van der Waals surface area (Å²) in [6.07, 6.45) is 6.85. The zero-order valence-electron chi connectivity index (χ0n) is 6.93. The van der Waals surface area contributed by atoms with Crippen molar-refractivity contribution in [3.05, 3.63) is 24.3 Å². The van der Waals surface area contributed by atoms with Gasteiger partial charge in [0.15, 0.2) is 0 Å². The van der Waals surface area contributed by atoms with Crippen LogP contribution >= 0.6 is 0 Å². The molecule has 56 valence electrons. The molecule has 0 N–H and O–H groups in total. The van der Waals surface area contributed by atoms with Gasteiger partial charge in [-0.15, -0.1) is 0 Å². The first kappa shape index (κ1) is 7.59. The van der Waals surface area contributed by atoms with Gasteiger partial charge >= 0.3 is 0 Å². The van der Waals surface area contributed by atoms with E-state index in [0.717, 1.165) is 11.8 Å². The van der Waals surface area contributed by atoms with E-state index in [0.29, 0.717) is 0 Å². The SMILES string of the molecule is C=C1C=CCC(C(C)C)C1. The van der Waals surface area contributed by atoms with Gasteiger partial charge in [-0.1, -0.05) is 38.2 Å². The summed E-state index contributed by atoms with van der Waals surface area (Å²) in [6, 6.07) is 0. The Morgan fingerprint density at radius 3 is 2.70 bits per heavy atom. The topological polar surface area (TPSA) is 0 Å². The standard InChI is InChI=1S/C10H16/c1-8(2)10-6-4-5-9(3)7-10/h4-5,8,10H,3,6-7H2,1-2H3. The number of hydrogen-bond acceptors (Lipinski definition) is 0. The third-order valence-electron chi connectivity index (χ3n) is 2.26. The summed E-state index contributed by atoms with van der Waals surface area (Å²) >= 11 is 0. The minimum absolute atomic E-state index is 0.807. The third-order valence-corrected chi connectivity index (χ3v) is 2.26. The average Bonchev–Trinajstić information content (AvgIpc) is 1.88. The Labute approximate surface area is 63.6 Å². The van der Waals surface area contributed by atoms with E-state index in [1.165, 1.54) is 18.4 Å². The highest BCUT2D eigenvalue weighted by molar-refractivity contribution is 5.18. The van der Waals surface area contributed by atoms with E-state index in [1.54, 1.807) is 0 Å². The van der Waals surface area contributed by atoms with E-state index in [4.69, 9.17) is 0 Å². The molecule has 0 bridgehead atoms. The highest BCUT2D eigenvalue weighted by Crippen LogP contribution is 2.27. The fourth-order valence-corrected chi connectivity index (χ4v) is 1.41. The van der Waals surface area contributed by atoms with Crippen molar-refractivity contribution in [3.8, 4) is 0 Å². The molecule has 0 saturated carbocycles. The largest absolute Gasteiger partial charge is 0.0958 e. The van der Waals surface area contributed by atoms with Gasteiger partial charge in [-0.3, -0.25) is 0 Å². The summed E-state index contributed by atoms with van der Waals surface area (Å²) in [7, 11) is 0. The highest BCUT2D eigenvalue weighted by atomic mass is 14.2. The second-order valence-corrected chi connectivity index (χ2v) is 3.50. The molecule has 0 aromatic heterocycles. The average molecular weight is 136 g/mol. The molecule has 1 rings (SSSR count). The normalized spacial score (nSPS) is 25.9. The van der Waals surface area contributed by atoms with Gasteiger partial charge in [0.1, 0.15) is 0 Å². The van der Waals surface area contributed by atoms with Crippen molar-refractivity contribution in [1.82, 2.24) is 0 Å². The van der Waals surface area contributed by atoms with E-state index in [1.807, 2.05) is 0 Å². The number of allylic oxidation sites excluding steroid dienone is 3. The quantitative estimate of drug-likeness (QED) is 0.519. The molecule has 0 saturated heterocycles. The van der Waals surface area contributed by atoms with Crippen LogP contribution in [0.25, 0.3) is 0 Å². The molecule has 0 spiro atoms. The molecule has 0 aromatic rings. The van der Waals surface area contributed by atoms with Crippen LogP contribution in [0.3, 0.4) is 0 Å². The number of hydrogen-bond donors (Lipinski definition) is 0. The predicted octanol–water partition coefficient (Wildman–Crippen LogP) is 3.16. The minimum Gasteiger partial charge on any atom is -0.0958 e. The molecule has 0 fully saturated rings. The molecule has 0 radical (unpaired) electrons. The number of rotatable bonds is 1. The van der Waals surface area contributed by atoms with Gasteiger partial charge < -0.3 is 0 Å². The molecule has 0 heteroatoms. The third kappa shape index (κ3) is 1.73. The summed E-state index contributed by atoms with van der Waals surface area (Å²) in [6.45, 7) is 8.54. The summed E-state index contributed by atoms with van der Waals surface area (Å²) in [5, 5.41) is 0. The molecule has 0 nitrogen and oxygen atoms in total. The van der Waals surface area contributed by atoms with Crippen molar-refractivity contribution in [2.75, 3.05) is 0 Å². The fourth-order valence-electron chi connectivity index (χ4n) is 1.41. The molecule has 1 atom stereocenters. The summed E-state index contributed by atoms with van der Waals surface area (Å²) < 4.78 is 0. The lowest BCUT2D eigenvalue weighted by Gasteiger charge is -2.22. The van der Waals surface area contributed by atoms with Crippen LogP contribution in [-0.4, -0.2) is 0 Å². The lowest BCUT2D eigenvalue weighted by molar-refractivity contribution is 0.381. The van der Waals surface area contributed by atoms with Crippen LogP contribution in [-0.2, 0) is 0 Å². The summed E-state index contributed by atoms with van der Waals surface area (Å²) in [5.74, 6) is 1.65. The lowest BCUT2D eigenvalue weighted by Crippen LogP contribution is -2.10. The Morgan fingerprint density at radius 1 is 1.60 bits per heavy atom. The van der Waals surface area contributed by atoms with Gasteiger partial charge in [0.25, 0.3) is 0 Å². The van der Waals surface area contributed by atoms with Gasteiger partial charge in [-0.2, -0.15) is 0 Å². The molecule has 1 unspecified atom stereocenters. The first-order chi connectivity index (χ1) is 4.70. The maximum absolute atomic E-state index is 3.96. The van der Waals surface area contributed by atoms with Crippen molar-refractivity contribution < 1.29 is 0 Å². The van der Waals surface area contributed by atoms with Gasteiger partial charge in [-0.25, -0.2) is 0 Å². The van der Waals surface area contributed by atoms with E-state index >= 15 is 0 Å². The molecule has 0 aliphatic heterocycles.